The molecule has 7 heteroatoms. The number of hydrogen-bond donors (Lipinski definition) is 1. The molecular weight excluding hydrogens is 376 g/mol. The molecule has 0 aliphatic heterocycles. The molecule has 1 amide bonds. The van der Waals surface area contributed by atoms with Gasteiger partial charge >= 0.3 is 0 Å². The standard InChI is InChI=1S/C21H28N2O4S/c1-16-9-12-19(13-10-16)28(25,26)23(2)15-18-11-14-20(27-18)21(24)22-17-7-5-3-4-6-8-17/h9-14,17H,3-8,15H2,1-2H3,(H,22,24). The van der Waals surface area contributed by atoms with E-state index in [1.54, 1.807) is 36.4 Å². The predicted octanol–water partition coefficient (Wildman–Crippen LogP) is 3.86. The Morgan fingerprint density at radius 3 is 2.36 bits per heavy atom. The Bertz CT molecular complexity index is 895. The SMILES string of the molecule is Cc1ccc(S(=O)(=O)N(C)Cc2ccc(C(=O)NC3CCCCCC3)o2)cc1. The maximum atomic E-state index is 12.7. The smallest absolute Gasteiger partial charge is 0.287 e. The predicted molar refractivity (Wildman–Crippen MR) is 107 cm³/mol. The summed E-state index contributed by atoms with van der Waals surface area (Å²) in [5.74, 6) is 0.423. The number of amides is 1. The minimum absolute atomic E-state index is 0.0624. The Morgan fingerprint density at radius 1 is 1.07 bits per heavy atom. The summed E-state index contributed by atoms with van der Waals surface area (Å²) in [4.78, 5) is 12.7. The van der Waals surface area contributed by atoms with Crippen LogP contribution in [0.25, 0.3) is 0 Å². The average molecular weight is 405 g/mol. The van der Waals surface area contributed by atoms with E-state index in [1.807, 2.05) is 6.92 Å². The molecule has 0 spiro atoms. The molecule has 1 heterocycles. The minimum Gasteiger partial charge on any atom is -0.455 e. The molecule has 6 nitrogen and oxygen atoms in total. The highest BCUT2D eigenvalue weighted by Crippen LogP contribution is 2.20. The Kier molecular flexibility index (Phi) is 6.57. The first-order chi connectivity index (χ1) is 13.4. The quantitative estimate of drug-likeness (QED) is 0.742. The summed E-state index contributed by atoms with van der Waals surface area (Å²) in [5, 5.41) is 3.04. The molecular formula is C21H28N2O4S. The molecule has 1 aliphatic carbocycles. The van der Waals surface area contributed by atoms with E-state index in [1.165, 1.54) is 24.2 Å². The second-order valence-electron chi connectivity index (χ2n) is 7.50. The van der Waals surface area contributed by atoms with Gasteiger partial charge < -0.3 is 9.73 Å². The molecule has 0 radical (unpaired) electrons. The zero-order chi connectivity index (χ0) is 20.1. The van der Waals surface area contributed by atoms with Crippen LogP contribution in [0, 0.1) is 6.92 Å². The lowest BCUT2D eigenvalue weighted by molar-refractivity contribution is 0.0903. The van der Waals surface area contributed by atoms with Crippen molar-refractivity contribution in [2.45, 2.75) is 62.9 Å². The summed E-state index contributed by atoms with van der Waals surface area (Å²) in [5.41, 5.74) is 0.997. The van der Waals surface area contributed by atoms with Crippen LogP contribution in [0.1, 0.15) is 60.4 Å². The Labute approximate surface area is 167 Å². The maximum Gasteiger partial charge on any atom is 0.287 e. The third-order valence-corrected chi connectivity index (χ3v) is 7.00. The molecule has 0 bridgehead atoms. The van der Waals surface area contributed by atoms with E-state index in [0.29, 0.717) is 5.76 Å². The van der Waals surface area contributed by atoms with Crippen LogP contribution >= 0.6 is 0 Å². The van der Waals surface area contributed by atoms with Crippen LogP contribution in [-0.4, -0.2) is 31.7 Å². The number of nitrogens with one attached hydrogen (secondary N) is 1. The number of carbonyl (C=O) groups excluding carboxylic acids is 1. The highest BCUT2D eigenvalue weighted by Gasteiger charge is 2.23. The van der Waals surface area contributed by atoms with Crippen LogP contribution in [0.5, 0.6) is 0 Å². The summed E-state index contributed by atoms with van der Waals surface area (Å²) in [6.07, 6.45) is 6.71. The highest BCUT2D eigenvalue weighted by atomic mass is 32.2. The van der Waals surface area contributed by atoms with E-state index >= 15 is 0 Å². The number of rotatable bonds is 6. The van der Waals surface area contributed by atoms with Crippen LogP contribution in [0.15, 0.2) is 45.7 Å². The van der Waals surface area contributed by atoms with Gasteiger partial charge in [-0.3, -0.25) is 4.79 Å². The van der Waals surface area contributed by atoms with E-state index < -0.39 is 10.0 Å². The van der Waals surface area contributed by atoms with Gasteiger partial charge in [0.15, 0.2) is 5.76 Å². The number of nitrogens with zero attached hydrogens (tertiary/aromatic N) is 1. The van der Waals surface area contributed by atoms with Crippen molar-refractivity contribution in [2.24, 2.45) is 0 Å². The number of furan rings is 1. The van der Waals surface area contributed by atoms with E-state index in [2.05, 4.69) is 5.32 Å². The fourth-order valence-electron chi connectivity index (χ4n) is 3.46. The first-order valence-corrected chi connectivity index (χ1v) is 11.2. The summed E-state index contributed by atoms with van der Waals surface area (Å²) in [6, 6.07) is 10.2. The van der Waals surface area contributed by atoms with Gasteiger partial charge in [0.1, 0.15) is 5.76 Å². The molecule has 2 aromatic rings. The summed E-state index contributed by atoms with van der Waals surface area (Å²) in [7, 11) is -2.12. The largest absolute Gasteiger partial charge is 0.455 e. The minimum atomic E-state index is -3.62. The van der Waals surface area contributed by atoms with Crippen molar-refractivity contribution >= 4 is 15.9 Å². The zero-order valence-corrected chi connectivity index (χ0v) is 17.3. The molecule has 1 aliphatic rings. The molecule has 1 aromatic carbocycles. The maximum absolute atomic E-state index is 12.7. The van der Waals surface area contributed by atoms with Crippen molar-refractivity contribution < 1.29 is 17.6 Å². The molecule has 0 saturated heterocycles. The van der Waals surface area contributed by atoms with Gasteiger partial charge in [-0.1, -0.05) is 43.4 Å². The monoisotopic (exact) mass is 404 g/mol. The van der Waals surface area contributed by atoms with Gasteiger partial charge in [0.05, 0.1) is 11.4 Å². The van der Waals surface area contributed by atoms with Crippen LogP contribution in [0.3, 0.4) is 0 Å². The molecule has 28 heavy (non-hydrogen) atoms. The van der Waals surface area contributed by atoms with Crippen molar-refractivity contribution in [3.63, 3.8) is 0 Å². The number of aryl methyl sites for hydroxylation is 1. The number of hydrogen-bond acceptors (Lipinski definition) is 4. The summed E-state index contributed by atoms with van der Waals surface area (Å²) >= 11 is 0. The normalized spacial score (nSPS) is 16.1. The molecule has 0 atom stereocenters. The number of benzene rings is 1. The second kappa shape index (κ2) is 8.92. The van der Waals surface area contributed by atoms with Gasteiger partial charge in [-0.15, -0.1) is 0 Å². The van der Waals surface area contributed by atoms with Gasteiger partial charge in [0, 0.05) is 13.1 Å². The highest BCUT2D eigenvalue weighted by molar-refractivity contribution is 7.89. The van der Waals surface area contributed by atoms with Crippen LogP contribution < -0.4 is 5.32 Å². The molecule has 1 fully saturated rings. The average Bonchev–Trinajstić information content (AvgIpc) is 2.98. The third kappa shape index (κ3) is 5.02. The summed E-state index contributed by atoms with van der Waals surface area (Å²) < 4.78 is 32.2. The molecule has 3 rings (SSSR count). The molecule has 1 N–H and O–H groups in total. The second-order valence-corrected chi connectivity index (χ2v) is 9.55. The van der Waals surface area contributed by atoms with E-state index in [4.69, 9.17) is 4.42 Å². The van der Waals surface area contributed by atoms with Crippen molar-refractivity contribution in [3.8, 4) is 0 Å². The summed E-state index contributed by atoms with van der Waals surface area (Å²) in [6.45, 7) is 1.97. The lowest BCUT2D eigenvalue weighted by Gasteiger charge is -2.16. The molecule has 0 unspecified atom stereocenters. The Morgan fingerprint density at radius 2 is 1.71 bits per heavy atom. The van der Waals surface area contributed by atoms with Crippen LogP contribution in [-0.2, 0) is 16.6 Å². The zero-order valence-electron chi connectivity index (χ0n) is 16.5. The first-order valence-electron chi connectivity index (χ1n) is 9.79. The van der Waals surface area contributed by atoms with Gasteiger partial charge in [-0.05, 0) is 44.0 Å². The lowest BCUT2D eigenvalue weighted by Crippen LogP contribution is -2.34. The van der Waals surface area contributed by atoms with Gasteiger partial charge in [0.2, 0.25) is 10.0 Å². The topological polar surface area (TPSA) is 79.6 Å². The fraction of sp³-hybridized carbons (Fsp3) is 0.476. The van der Waals surface area contributed by atoms with Crippen molar-refractivity contribution in [3.05, 3.63) is 53.5 Å². The van der Waals surface area contributed by atoms with Crippen molar-refractivity contribution in [1.29, 1.82) is 0 Å². The number of carbonyl (C=O) groups is 1. The Hall–Kier alpha value is -2.12. The van der Waals surface area contributed by atoms with Gasteiger partial charge in [0.25, 0.3) is 5.91 Å². The van der Waals surface area contributed by atoms with Crippen LogP contribution in [0.4, 0.5) is 0 Å². The van der Waals surface area contributed by atoms with Gasteiger partial charge in [-0.25, -0.2) is 8.42 Å². The van der Waals surface area contributed by atoms with Crippen LogP contribution in [0.2, 0.25) is 0 Å². The molecule has 152 valence electrons. The van der Waals surface area contributed by atoms with E-state index in [0.717, 1.165) is 31.2 Å². The third-order valence-electron chi connectivity index (χ3n) is 5.18. The Balaban J connectivity index is 1.63. The number of sulfonamides is 1. The molecule has 1 aromatic heterocycles. The lowest BCUT2D eigenvalue weighted by atomic mass is 10.1. The fourth-order valence-corrected chi connectivity index (χ4v) is 4.60. The van der Waals surface area contributed by atoms with Crippen molar-refractivity contribution in [1.82, 2.24) is 9.62 Å². The van der Waals surface area contributed by atoms with E-state index in [-0.39, 0.29) is 29.1 Å². The van der Waals surface area contributed by atoms with Crippen molar-refractivity contribution in [2.75, 3.05) is 7.05 Å². The molecule has 1 saturated carbocycles. The van der Waals surface area contributed by atoms with E-state index in [9.17, 15) is 13.2 Å². The first kappa shape index (κ1) is 20.6. The van der Waals surface area contributed by atoms with Gasteiger partial charge in [-0.2, -0.15) is 4.31 Å².